The first-order valence-electron chi connectivity index (χ1n) is 7.96. The molecular weight excluding hydrogens is 320 g/mol. The third-order valence-electron chi connectivity index (χ3n) is 3.98. The molecule has 0 aliphatic heterocycles. The van der Waals surface area contributed by atoms with Gasteiger partial charge in [0.25, 0.3) is 5.91 Å². The van der Waals surface area contributed by atoms with Crippen molar-refractivity contribution >= 4 is 22.9 Å². The maximum atomic E-state index is 12.4. The molecule has 0 spiro atoms. The second-order valence-electron chi connectivity index (χ2n) is 5.63. The Bertz CT molecular complexity index is 948. The van der Waals surface area contributed by atoms with Crippen LogP contribution in [0.2, 0.25) is 0 Å². The number of carbonyl (C=O) groups is 2. The molecule has 2 N–H and O–H groups in total. The average Bonchev–Trinajstić information content (AvgIpc) is 3.00. The summed E-state index contributed by atoms with van der Waals surface area (Å²) in [5.74, 6) is -0.785. The van der Waals surface area contributed by atoms with Crippen LogP contribution in [-0.4, -0.2) is 31.5 Å². The van der Waals surface area contributed by atoms with Crippen LogP contribution >= 0.6 is 0 Å². The fourth-order valence-electron chi connectivity index (χ4n) is 2.79. The Morgan fingerprint density at radius 2 is 2.04 bits per heavy atom. The van der Waals surface area contributed by atoms with Gasteiger partial charge in [-0.05, 0) is 38.1 Å². The van der Waals surface area contributed by atoms with Crippen LogP contribution in [0.15, 0.2) is 42.6 Å². The molecular formula is C18H18N4O3. The second kappa shape index (κ2) is 6.72. The van der Waals surface area contributed by atoms with Gasteiger partial charge in [-0.2, -0.15) is 0 Å². The van der Waals surface area contributed by atoms with Crippen molar-refractivity contribution in [3.8, 4) is 0 Å². The van der Waals surface area contributed by atoms with Crippen molar-refractivity contribution in [2.75, 3.05) is 0 Å². The molecule has 2 aromatic heterocycles. The van der Waals surface area contributed by atoms with E-state index in [2.05, 4.69) is 19.9 Å². The number of para-hydroxylation sites is 2. The number of nitrogens with zero attached hydrogens (tertiary/aromatic N) is 3. The predicted molar refractivity (Wildman–Crippen MR) is 92.5 cm³/mol. The van der Waals surface area contributed by atoms with Gasteiger partial charge >= 0.3 is 5.97 Å². The molecule has 1 amide bonds. The molecule has 25 heavy (non-hydrogen) atoms. The summed E-state index contributed by atoms with van der Waals surface area (Å²) in [7, 11) is 0. The van der Waals surface area contributed by atoms with Crippen LogP contribution in [0.3, 0.4) is 0 Å². The number of aromatic nitrogens is 3. The van der Waals surface area contributed by atoms with Gasteiger partial charge in [-0.1, -0.05) is 12.1 Å². The molecule has 3 rings (SSSR count). The number of pyridine rings is 1. The minimum absolute atomic E-state index is 0.166. The van der Waals surface area contributed by atoms with Crippen molar-refractivity contribution in [1.82, 2.24) is 19.9 Å². The number of carboxylic acid groups (broad SMARTS) is 1. The predicted octanol–water partition coefficient (Wildman–Crippen LogP) is 2.64. The van der Waals surface area contributed by atoms with Gasteiger partial charge in [0.2, 0.25) is 0 Å². The number of fused-ring (bicyclic) bond motifs is 1. The molecule has 1 unspecified atom stereocenters. The largest absolute Gasteiger partial charge is 0.477 e. The molecule has 1 aromatic carbocycles. The summed E-state index contributed by atoms with van der Waals surface area (Å²) in [6.45, 7) is 4.60. The minimum atomic E-state index is -1.17. The van der Waals surface area contributed by atoms with Crippen molar-refractivity contribution in [3.63, 3.8) is 0 Å². The summed E-state index contributed by atoms with van der Waals surface area (Å²) in [5, 5.41) is 11.9. The maximum absolute atomic E-state index is 12.4. The zero-order valence-corrected chi connectivity index (χ0v) is 13.9. The summed E-state index contributed by atoms with van der Waals surface area (Å²) < 4.78 is 2.05. The van der Waals surface area contributed by atoms with Crippen LogP contribution in [-0.2, 0) is 6.54 Å². The zero-order chi connectivity index (χ0) is 18.0. The van der Waals surface area contributed by atoms with E-state index in [1.165, 1.54) is 18.3 Å². The number of rotatable bonds is 5. The van der Waals surface area contributed by atoms with Crippen LogP contribution in [0.1, 0.15) is 46.6 Å². The number of carboxylic acids is 1. The van der Waals surface area contributed by atoms with Gasteiger partial charge in [-0.15, -0.1) is 0 Å². The molecule has 7 nitrogen and oxygen atoms in total. The molecule has 0 aliphatic carbocycles. The Morgan fingerprint density at radius 3 is 2.76 bits per heavy atom. The molecule has 2 heterocycles. The van der Waals surface area contributed by atoms with Gasteiger partial charge in [-0.25, -0.2) is 14.8 Å². The van der Waals surface area contributed by atoms with Crippen molar-refractivity contribution in [1.29, 1.82) is 0 Å². The van der Waals surface area contributed by atoms with Crippen molar-refractivity contribution in [2.24, 2.45) is 0 Å². The summed E-state index contributed by atoms with van der Waals surface area (Å²) >= 11 is 0. The lowest BCUT2D eigenvalue weighted by molar-refractivity contribution is 0.0690. The fourth-order valence-corrected chi connectivity index (χ4v) is 2.79. The van der Waals surface area contributed by atoms with Crippen molar-refractivity contribution in [2.45, 2.75) is 26.4 Å². The van der Waals surface area contributed by atoms with Gasteiger partial charge in [0, 0.05) is 18.3 Å². The fraction of sp³-hybridized carbons (Fsp3) is 0.222. The molecule has 0 radical (unpaired) electrons. The number of benzene rings is 1. The first kappa shape index (κ1) is 16.6. The van der Waals surface area contributed by atoms with E-state index < -0.39 is 5.97 Å². The van der Waals surface area contributed by atoms with E-state index in [9.17, 15) is 9.59 Å². The number of nitrogens with one attached hydrogen (secondary N) is 1. The highest BCUT2D eigenvalue weighted by Crippen LogP contribution is 2.21. The SMILES string of the molecule is CCn1c(C(C)NC(=O)c2ccnc(C(=O)O)c2)nc2ccccc21. The van der Waals surface area contributed by atoms with Crippen LogP contribution in [0.25, 0.3) is 11.0 Å². The number of aryl methyl sites for hydroxylation is 1. The normalized spacial score (nSPS) is 12.1. The number of carbonyl (C=O) groups excluding carboxylic acids is 1. The van der Waals surface area contributed by atoms with E-state index in [1.807, 2.05) is 38.1 Å². The quantitative estimate of drug-likeness (QED) is 0.745. The smallest absolute Gasteiger partial charge is 0.354 e. The van der Waals surface area contributed by atoms with Crippen molar-refractivity contribution < 1.29 is 14.7 Å². The van der Waals surface area contributed by atoms with Crippen molar-refractivity contribution in [3.05, 3.63) is 59.7 Å². The Morgan fingerprint density at radius 1 is 1.28 bits per heavy atom. The lowest BCUT2D eigenvalue weighted by atomic mass is 10.2. The molecule has 0 bridgehead atoms. The highest BCUT2D eigenvalue weighted by atomic mass is 16.4. The Labute approximate surface area is 144 Å². The number of hydrogen-bond acceptors (Lipinski definition) is 4. The maximum Gasteiger partial charge on any atom is 0.354 e. The summed E-state index contributed by atoms with van der Waals surface area (Å²) in [6, 6.07) is 10.2. The van der Waals surface area contributed by atoms with E-state index in [-0.39, 0.29) is 23.2 Å². The molecule has 7 heteroatoms. The number of hydrogen-bond donors (Lipinski definition) is 2. The number of aromatic carboxylic acids is 1. The van der Waals surface area contributed by atoms with E-state index in [1.54, 1.807) is 0 Å². The zero-order valence-electron chi connectivity index (χ0n) is 13.9. The lowest BCUT2D eigenvalue weighted by Crippen LogP contribution is -2.29. The molecule has 128 valence electrons. The minimum Gasteiger partial charge on any atom is -0.477 e. The first-order chi connectivity index (χ1) is 12.0. The van der Waals surface area contributed by atoms with E-state index in [4.69, 9.17) is 5.11 Å². The van der Waals surface area contributed by atoms with E-state index in [0.29, 0.717) is 0 Å². The third kappa shape index (κ3) is 3.21. The standard InChI is InChI=1S/C18H18N4O3/c1-3-22-15-7-5-4-6-13(15)21-16(22)11(2)20-17(23)12-8-9-19-14(10-12)18(24)25/h4-11H,3H2,1-2H3,(H,20,23)(H,24,25). The van der Waals surface area contributed by atoms with Gasteiger partial charge in [0.05, 0.1) is 17.1 Å². The van der Waals surface area contributed by atoms with Crippen LogP contribution in [0, 0.1) is 0 Å². The van der Waals surface area contributed by atoms with Gasteiger partial charge in [0.15, 0.2) is 0 Å². The monoisotopic (exact) mass is 338 g/mol. The van der Waals surface area contributed by atoms with Crippen LogP contribution in [0.4, 0.5) is 0 Å². The molecule has 0 saturated carbocycles. The lowest BCUT2D eigenvalue weighted by Gasteiger charge is -2.15. The highest BCUT2D eigenvalue weighted by Gasteiger charge is 2.19. The van der Waals surface area contributed by atoms with Gasteiger partial charge in [-0.3, -0.25) is 4.79 Å². The number of imidazole rings is 1. The molecule has 1 atom stereocenters. The van der Waals surface area contributed by atoms with E-state index in [0.717, 1.165) is 23.4 Å². The number of amides is 1. The van der Waals surface area contributed by atoms with Crippen LogP contribution < -0.4 is 5.32 Å². The Hall–Kier alpha value is -3.22. The van der Waals surface area contributed by atoms with Gasteiger partial charge in [0.1, 0.15) is 11.5 Å². The summed E-state index contributed by atoms with van der Waals surface area (Å²) in [4.78, 5) is 31.8. The Balaban J connectivity index is 1.87. The van der Waals surface area contributed by atoms with Gasteiger partial charge < -0.3 is 15.0 Å². The first-order valence-corrected chi connectivity index (χ1v) is 7.96. The third-order valence-corrected chi connectivity index (χ3v) is 3.98. The van der Waals surface area contributed by atoms with E-state index >= 15 is 0 Å². The summed E-state index contributed by atoms with van der Waals surface area (Å²) in [6.07, 6.45) is 1.31. The molecule has 0 aliphatic rings. The topological polar surface area (TPSA) is 97.1 Å². The molecule has 0 fully saturated rings. The Kier molecular flexibility index (Phi) is 4.47. The molecule has 0 saturated heterocycles. The second-order valence-corrected chi connectivity index (χ2v) is 5.63. The average molecular weight is 338 g/mol. The summed E-state index contributed by atoms with van der Waals surface area (Å²) in [5.41, 5.74) is 1.97. The molecule has 3 aromatic rings. The van der Waals surface area contributed by atoms with Crippen LogP contribution in [0.5, 0.6) is 0 Å². The highest BCUT2D eigenvalue weighted by molar-refractivity contribution is 5.96.